The minimum Gasteiger partial charge on any atom is -0.508 e. The zero-order chi connectivity index (χ0) is 19.6. The van der Waals surface area contributed by atoms with Crippen LogP contribution in [0.3, 0.4) is 0 Å². The highest BCUT2D eigenvalue weighted by atomic mass is 79.9. The van der Waals surface area contributed by atoms with Gasteiger partial charge in [0.1, 0.15) is 11.5 Å². The average molecular weight is 492 g/mol. The molecule has 0 aliphatic rings. The Morgan fingerprint density at radius 3 is 2.44 bits per heavy atom. The smallest absolute Gasteiger partial charge is 0.165 e. The topological polar surface area (TPSA) is 90.6 Å². The number of nitrogens with one attached hydrogen (secondary N) is 1. The Hall–Kier alpha value is -2.45. The van der Waals surface area contributed by atoms with Gasteiger partial charge in [-0.05, 0) is 71.7 Å². The Kier molecular flexibility index (Phi) is 5.76. The lowest BCUT2D eigenvalue weighted by atomic mass is 10.1. The average Bonchev–Trinajstić information content (AvgIpc) is 2.63. The summed E-state index contributed by atoms with van der Waals surface area (Å²) in [5.41, 5.74) is 5.77. The summed E-state index contributed by atoms with van der Waals surface area (Å²) in [4.78, 5) is 8.87. The quantitative estimate of drug-likeness (QED) is 0.343. The Morgan fingerprint density at radius 1 is 1.04 bits per heavy atom. The Morgan fingerprint density at radius 2 is 1.74 bits per heavy atom. The normalized spacial score (nSPS) is 11.5. The number of hydrazone groups is 1. The van der Waals surface area contributed by atoms with Crippen LogP contribution in [0.2, 0.25) is 0 Å². The van der Waals surface area contributed by atoms with Crippen LogP contribution in [0.4, 0.5) is 5.82 Å². The summed E-state index contributed by atoms with van der Waals surface area (Å²) in [6.07, 6.45) is 0. The van der Waals surface area contributed by atoms with E-state index in [4.69, 9.17) is 0 Å². The van der Waals surface area contributed by atoms with E-state index in [1.165, 1.54) is 0 Å². The summed E-state index contributed by atoms with van der Waals surface area (Å²) in [5, 5.41) is 24.0. The van der Waals surface area contributed by atoms with E-state index in [9.17, 15) is 10.2 Å². The van der Waals surface area contributed by atoms with E-state index in [2.05, 4.69) is 52.4 Å². The molecule has 138 valence electrons. The van der Waals surface area contributed by atoms with Crippen molar-refractivity contribution in [2.75, 3.05) is 5.43 Å². The third kappa shape index (κ3) is 4.64. The van der Waals surface area contributed by atoms with Crippen molar-refractivity contribution in [3.8, 4) is 22.9 Å². The van der Waals surface area contributed by atoms with E-state index < -0.39 is 0 Å². The van der Waals surface area contributed by atoms with Gasteiger partial charge in [-0.15, -0.1) is 0 Å². The summed E-state index contributed by atoms with van der Waals surface area (Å²) < 4.78 is 1.34. The molecule has 3 rings (SSSR count). The van der Waals surface area contributed by atoms with E-state index in [-0.39, 0.29) is 11.5 Å². The van der Waals surface area contributed by atoms with E-state index >= 15 is 0 Å². The number of halogens is 2. The molecular weight excluding hydrogens is 476 g/mol. The molecule has 8 heteroatoms. The zero-order valence-corrected chi connectivity index (χ0v) is 17.7. The number of nitrogens with zero attached hydrogens (tertiary/aromatic N) is 3. The van der Waals surface area contributed by atoms with Gasteiger partial charge in [-0.3, -0.25) is 5.43 Å². The molecule has 0 fully saturated rings. The first kappa shape index (κ1) is 19.3. The van der Waals surface area contributed by atoms with Crippen molar-refractivity contribution in [1.82, 2.24) is 9.97 Å². The number of aryl methyl sites for hydroxylation is 1. The predicted octanol–water partition coefficient (Wildman–Crippen LogP) is 5.22. The molecule has 0 aliphatic carbocycles. The maximum Gasteiger partial charge on any atom is 0.165 e. The lowest BCUT2D eigenvalue weighted by molar-refractivity contribution is 0.473. The molecule has 0 bridgehead atoms. The Bertz CT molecular complexity index is 1020. The van der Waals surface area contributed by atoms with E-state index in [1.807, 2.05) is 13.8 Å². The van der Waals surface area contributed by atoms with Crippen molar-refractivity contribution < 1.29 is 10.2 Å². The molecule has 0 amide bonds. The highest BCUT2D eigenvalue weighted by Crippen LogP contribution is 2.37. The van der Waals surface area contributed by atoms with Crippen LogP contribution < -0.4 is 5.43 Å². The van der Waals surface area contributed by atoms with E-state index in [0.29, 0.717) is 21.7 Å². The van der Waals surface area contributed by atoms with Gasteiger partial charge in [-0.1, -0.05) is 15.9 Å². The van der Waals surface area contributed by atoms with Crippen molar-refractivity contribution in [3.63, 3.8) is 0 Å². The molecular formula is C19H16Br2N4O2. The van der Waals surface area contributed by atoms with Crippen LogP contribution in [0.15, 0.2) is 56.5 Å². The second-order valence-electron chi connectivity index (χ2n) is 5.86. The molecule has 0 spiro atoms. The van der Waals surface area contributed by atoms with Gasteiger partial charge >= 0.3 is 0 Å². The minimum atomic E-state index is 0.0681. The predicted molar refractivity (Wildman–Crippen MR) is 113 cm³/mol. The fraction of sp³-hybridized carbons (Fsp3) is 0.105. The molecule has 0 aliphatic heterocycles. The standard InChI is InChI=1S/C19H16Br2N4O2/c1-10-7-17(25-24-11(2)12-3-5-14(26)6-4-12)23-19(22-10)15-8-13(20)9-16(21)18(15)27/h3-9,26-27H,1-2H3,(H,22,23,25)/b24-11-. The number of aromatic nitrogens is 2. The molecule has 0 radical (unpaired) electrons. The van der Waals surface area contributed by atoms with Crippen LogP contribution in [0.1, 0.15) is 18.2 Å². The SMILES string of the molecule is C/C(=N/Nc1cc(C)nc(-c2cc(Br)cc(Br)c2O)n1)c1ccc(O)cc1. The number of phenols is 2. The molecule has 0 saturated heterocycles. The summed E-state index contributed by atoms with van der Waals surface area (Å²) in [5.74, 6) is 1.16. The van der Waals surface area contributed by atoms with Gasteiger partial charge in [0.05, 0.1) is 15.7 Å². The second kappa shape index (κ2) is 8.06. The number of rotatable bonds is 4. The van der Waals surface area contributed by atoms with Gasteiger partial charge < -0.3 is 10.2 Å². The monoisotopic (exact) mass is 490 g/mol. The lowest BCUT2D eigenvalue weighted by Crippen LogP contribution is -2.03. The third-order valence-electron chi connectivity index (χ3n) is 3.75. The molecule has 0 unspecified atom stereocenters. The number of hydrogen-bond donors (Lipinski definition) is 3. The summed E-state index contributed by atoms with van der Waals surface area (Å²) in [6, 6.07) is 12.0. The molecule has 0 atom stereocenters. The third-order valence-corrected chi connectivity index (χ3v) is 4.81. The molecule has 3 aromatic rings. The van der Waals surface area contributed by atoms with Crippen LogP contribution in [-0.4, -0.2) is 25.9 Å². The maximum absolute atomic E-state index is 10.3. The van der Waals surface area contributed by atoms with E-state index in [0.717, 1.165) is 21.4 Å². The van der Waals surface area contributed by atoms with Crippen molar-refractivity contribution >= 4 is 43.4 Å². The van der Waals surface area contributed by atoms with Crippen LogP contribution >= 0.6 is 31.9 Å². The largest absolute Gasteiger partial charge is 0.508 e. The number of phenolic OH excluding ortho intramolecular Hbond substituents is 2. The minimum absolute atomic E-state index is 0.0681. The molecule has 2 aromatic carbocycles. The first-order valence-corrected chi connectivity index (χ1v) is 9.56. The zero-order valence-electron chi connectivity index (χ0n) is 14.5. The first-order valence-electron chi connectivity index (χ1n) is 7.97. The van der Waals surface area contributed by atoms with Crippen LogP contribution in [-0.2, 0) is 0 Å². The van der Waals surface area contributed by atoms with Gasteiger partial charge in [-0.25, -0.2) is 9.97 Å². The van der Waals surface area contributed by atoms with Gasteiger partial charge in [0.25, 0.3) is 0 Å². The van der Waals surface area contributed by atoms with Gasteiger partial charge in [0.15, 0.2) is 11.6 Å². The van der Waals surface area contributed by atoms with Gasteiger partial charge in [0, 0.05) is 16.2 Å². The molecule has 1 heterocycles. The summed E-state index contributed by atoms with van der Waals surface area (Å²) in [7, 11) is 0. The summed E-state index contributed by atoms with van der Waals surface area (Å²) >= 11 is 6.73. The number of aromatic hydroxyl groups is 2. The van der Waals surface area contributed by atoms with Crippen LogP contribution in [0.5, 0.6) is 11.5 Å². The molecule has 0 saturated carbocycles. The van der Waals surface area contributed by atoms with E-state index in [1.54, 1.807) is 42.5 Å². The first-order chi connectivity index (χ1) is 12.8. The van der Waals surface area contributed by atoms with Crippen molar-refractivity contribution in [2.24, 2.45) is 5.10 Å². The summed E-state index contributed by atoms with van der Waals surface area (Å²) in [6.45, 7) is 3.70. The second-order valence-corrected chi connectivity index (χ2v) is 7.63. The maximum atomic E-state index is 10.3. The highest BCUT2D eigenvalue weighted by molar-refractivity contribution is 9.11. The fourth-order valence-corrected chi connectivity index (χ4v) is 3.62. The fourth-order valence-electron chi connectivity index (χ4n) is 2.39. The van der Waals surface area contributed by atoms with Crippen LogP contribution in [0.25, 0.3) is 11.4 Å². The lowest BCUT2D eigenvalue weighted by Gasteiger charge is -2.09. The molecule has 6 nitrogen and oxygen atoms in total. The molecule has 27 heavy (non-hydrogen) atoms. The highest BCUT2D eigenvalue weighted by Gasteiger charge is 2.13. The van der Waals surface area contributed by atoms with Crippen LogP contribution in [0, 0.1) is 6.92 Å². The number of hydrogen-bond acceptors (Lipinski definition) is 6. The van der Waals surface area contributed by atoms with Gasteiger partial charge in [0.2, 0.25) is 0 Å². The van der Waals surface area contributed by atoms with Crippen molar-refractivity contribution in [1.29, 1.82) is 0 Å². The van der Waals surface area contributed by atoms with Crippen molar-refractivity contribution in [3.05, 3.63) is 62.7 Å². The van der Waals surface area contributed by atoms with Crippen molar-refractivity contribution in [2.45, 2.75) is 13.8 Å². The molecule has 1 aromatic heterocycles. The number of anilines is 1. The number of benzene rings is 2. The Balaban J connectivity index is 1.92. The Labute approximate surface area is 173 Å². The molecule has 3 N–H and O–H groups in total. The van der Waals surface area contributed by atoms with Gasteiger partial charge in [-0.2, -0.15) is 5.10 Å².